The normalized spacial score (nSPS) is 10.5. The van der Waals surface area contributed by atoms with Crippen LogP contribution in [0.4, 0.5) is 0 Å². The van der Waals surface area contributed by atoms with Crippen molar-refractivity contribution in [3.63, 3.8) is 0 Å². The molecule has 0 atom stereocenters. The largest absolute Gasteiger partial charge is 0.493 e. The van der Waals surface area contributed by atoms with Gasteiger partial charge in [0.1, 0.15) is 0 Å². The molecule has 21 heavy (non-hydrogen) atoms. The molecule has 0 aliphatic rings. The van der Waals surface area contributed by atoms with E-state index in [1.54, 1.807) is 14.2 Å². The van der Waals surface area contributed by atoms with Crippen molar-refractivity contribution < 1.29 is 9.47 Å². The first kappa shape index (κ1) is 15.9. The van der Waals surface area contributed by atoms with Gasteiger partial charge in [0.15, 0.2) is 11.5 Å². The van der Waals surface area contributed by atoms with Crippen molar-refractivity contribution in [3.8, 4) is 22.6 Å². The summed E-state index contributed by atoms with van der Waals surface area (Å²) < 4.78 is 11.9. The molecule has 0 saturated heterocycles. The second-order valence-corrected chi connectivity index (χ2v) is 5.57. The lowest BCUT2D eigenvalue weighted by Gasteiger charge is -2.15. The Hall–Kier alpha value is -1.52. The van der Waals surface area contributed by atoms with Gasteiger partial charge in [-0.25, -0.2) is 0 Å². The molecule has 112 valence electrons. The quantitative estimate of drug-likeness (QED) is 0.845. The molecule has 0 bridgehead atoms. The van der Waals surface area contributed by atoms with Gasteiger partial charge in [-0.05, 0) is 47.5 Å². The molecule has 2 rings (SSSR count). The van der Waals surface area contributed by atoms with Gasteiger partial charge < -0.3 is 14.8 Å². The van der Waals surface area contributed by atoms with E-state index in [0.717, 1.165) is 40.2 Å². The van der Waals surface area contributed by atoms with Gasteiger partial charge in [0.25, 0.3) is 0 Å². The van der Waals surface area contributed by atoms with E-state index in [2.05, 4.69) is 40.3 Å². The topological polar surface area (TPSA) is 30.5 Å². The third-order valence-electron chi connectivity index (χ3n) is 3.33. The molecule has 0 aliphatic carbocycles. The van der Waals surface area contributed by atoms with Gasteiger partial charge in [0, 0.05) is 11.0 Å². The highest BCUT2D eigenvalue weighted by molar-refractivity contribution is 9.10. The average molecular weight is 350 g/mol. The maximum atomic E-state index is 5.43. The van der Waals surface area contributed by atoms with Crippen molar-refractivity contribution in [2.45, 2.75) is 13.5 Å². The number of nitrogens with one attached hydrogen (secondary N) is 1. The molecule has 2 aromatic carbocycles. The van der Waals surface area contributed by atoms with Crippen LogP contribution in [-0.4, -0.2) is 20.8 Å². The molecule has 0 unspecified atom stereocenters. The molecular weight excluding hydrogens is 330 g/mol. The Morgan fingerprint density at radius 3 is 2.19 bits per heavy atom. The number of methoxy groups -OCH3 is 2. The number of ether oxygens (including phenoxy) is 2. The number of benzene rings is 2. The van der Waals surface area contributed by atoms with Crippen molar-refractivity contribution in [1.29, 1.82) is 0 Å². The zero-order valence-corrected chi connectivity index (χ0v) is 14.2. The Labute approximate surface area is 134 Å². The minimum atomic E-state index is 0.746. The van der Waals surface area contributed by atoms with Crippen LogP contribution in [0.3, 0.4) is 0 Å². The zero-order valence-electron chi connectivity index (χ0n) is 12.6. The van der Waals surface area contributed by atoms with Crippen LogP contribution in [0, 0.1) is 0 Å². The van der Waals surface area contributed by atoms with E-state index in [1.165, 1.54) is 5.56 Å². The van der Waals surface area contributed by atoms with Gasteiger partial charge in [0.05, 0.1) is 14.2 Å². The van der Waals surface area contributed by atoms with Crippen LogP contribution in [0.2, 0.25) is 0 Å². The number of hydrogen-bond donors (Lipinski definition) is 1. The minimum Gasteiger partial charge on any atom is -0.493 e. The van der Waals surface area contributed by atoms with Crippen LogP contribution in [0.1, 0.15) is 12.5 Å². The average Bonchev–Trinajstić information content (AvgIpc) is 2.52. The molecule has 0 aliphatic heterocycles. The number of halogens is 1. The van der Waals surface area contributed by atoms with Crippen LogP contribution in [0.15, 0.2) is 40.9 Å². The van der Waals surface area contributed by atoms with E-state index < -0.39 is 0 Å². The van der Waals surface area contributed by atoms with Gasteiger partial charge >= 0.3 is 0 Å². The van der Waals surface area contributed by atoms with E-state index in [9.17, 15) is 0 Å². The molecule has 1 N–H and O–H groups in total. The predicted octanol–water partition coefficient (Wildman–Crippen LogP) is 4.24. The molecule has 3 nitrogen and oxygen atoms in total. The van der Waals surface area contributed by atoms with Gasteiger partial charge in [-0.2, -0.15) is 0 Å². The summed E-state index contributed by atoms with van der Waals surface area (Å²) in [7, 11) is 3.32. The fourth-order valence-electron chi connectivity index (χ4n) is 2.23. The van der Waals surface area contributed by atoms with E-state index in [-0.39, 0.29) is 0 Å². The van der Waals surface area contributed by atoms with Crippen molar-refractivity contribution >= 4 is 15.9 Å². The second-order valence-electron chi connectivity index (χ2n) is 4.65. The summed E-state index contributed by atoms with van der Waals surface area (Å²) >= 11 is 3.47. The smallest absolute Gasteiger partial charge is 0.161 e. The summed E-state index contributed by atoms with van der Waals surface area (Å²) in [5, 5.41) is 3.37. The molecule has 4 heteroatoms. The Kier molecular flexibility index (Phi) is 5.65. The van der Waals surface area contributed by atoms with Crippen LogP contribution in [0.5, 0.6) is 11.5 Å². The van der Waals surface area contributed by atoms with Crippen LogP contribution < -0.4 is 14.8 Å². The minimum absolute atomic E-state index is 0.746. The fraction of sp³-hybridized carbons (Fsp3) is 0.294. The number of rotatable bonds is 6. The second kappa shape index (κ2) is 7.48. The van der Waals surface area contributed by atoms with Crippen LogP contribution in [0.25, 0.3) is 11.1 Å². The Morgan fingerprint density at radius 2 is 1.62 bits per heavy atom. The Bertz CT molecular complexity index is 596. The third-order valence-corrected chi connectivity index (χ3v) is 3.86. The van der Waals surface area contributed by atoms with E-state index in [4.69, 9.17) is 9.47 Å². The summed E-state index contributed by atoms with van der Waals surface area (Å²) in [4.78, 5) is 0. The maximum absolute atomic E-state index is 5.43. The van der Waals surface area contributed by atoms with E-state index in [0.29, 0.717) is 0 Å². The molecule has 0 saturated carbocycles. The monoisotopic (exact) mass is 349 g/mol. The van der Waals surface area contributed by atoms with Gasteiger partial charge in [0.2, 0.25) is 0 Å². The summed E-state index contributed by atoms with van der Waals surface area (Å²) in [5.74, 6) is 1.50. The van der Waals surface area contributed by atoms with E-state index in [1.807, 2.05) is 24.3 Å². The first-order valence-electron chi connectivity index (χ1n) is 6.91. The van der Waals surface area contributed by atoms with E-state index >= 15 is 0 Å². The zero-order chi connectivity index (χ0) is 15.2. The fourth-order valence-corrected chi connectivity index (χ4v) is 2.49. The highest BCUT2D eigenvalue weighted by Gasteiger charge is 2.12. The van der Waals surface area contributed by atoms with Gasteiger partial charge in [-0.1, -0.05) is 35.0 Å². The maximum Gasteiger partial charge on any atom is 0.161 e. The summed E-state index contributed by atoms with van der Waals surface area (Å²) in [6.07, 6.45) is 0. The highest BCUT2D eigenvalue weighted by Crippen LogP contribution is 2.36. The lowest BCUT2D eigenvalue weighted by Crippen LogP contribution is -2.12. The molecule has 0 fully saturated rings. The van der Waals surface area contributed by atoms with Gasteiger partial charge in [-0.3, -0.25) is 0 Å². The molecule has 0 radical (unpaired) electrons. The standard InChI is InChI=1S/C17H20BrNO2/c1-4-19-11-13-9-16(20-2)17(21-3)10-15(13)12-5-7-14(18)8-6-12/h5-10,19H,4,11H2,1-3H3. The first-order valence-corrected chi connectivity index (χ1v) is 7.70. The highest BCUT2D eigenvalue weighted by atomic mass is 79.9. The summed E-state index contributed by atoms with van der Waals surface area (Å²) in [6.45, 7) is 3.82. The van der Waals surface area contributed by atoms with Gasteiger partial charge in [-0.15, -0.1) is 0 Å². The Balaban J connectivity index is 2.52. The molecule has 0 spiro atoms. The van der Waals surface area contributed by atoms with Crippen molar-refractivity contribution in [3.05, 3.63) is 46.4 Å². The lowest BCUT2D eigenvalue weighted by molar-refractivity contribution is 0.354. The molecular formula is C17H20BrNO2. The SMILES string of the molecule is CCNCc1cc(OC)c(OC)cc1-c1ccc(Br)cc1. The summed E-state index contributed by atoms with van der Waals surface area (Å²) in [5.41, 5.74) is 3.50. The van der Waals surface area contributed by atoms with Crippen molar-refractivity contribution in [1.82, 2.24) is 5.32 Å². The van der Waals surface area contributed by atoms with Crippen LogP contribution in [-0.2, 0) is 6.54 Å². The third kappa shape index (κ3) is 3.77. The number of hydrogen-bond acceptors (Lipinski definition) is 3. The molecule has 0 aromatic heterocycles. The van der Waals surface area contributed by atoms with Crippen LogP contribution >= 0.6 is 15.9 Å². The molecule has 0 heterocycles. The lowest BCUT2D eigenvalue weighted by atomic mass is 9.98. The summed E-state index contributed by atoms with van der Waals surface area (Å²) in [6, 6.07) is 12.4. The Morgan fingerprint density at radius 1 is 1.00 bits per heavy atom. The first-order chi connectivity index (χ1) is 10.2. The molecule has 2 aromatic rings. The molecule has 0 amide bonds. The predicted molar refractivity (Wildman–Crippen MR) is 90.1 cm³/mol. The van der Waals surface area contributed by atoms with Crippen molar-refractivity contribution in [2.75, 3.05) is 20.8 Å². The van der Waals surface area contributed by atoms with Crippen molar-refractivity contribution in [2.24, 2.45) is 0 Å².